The van der Waals surface area contributed by atoms with Crippen LogP contribution < -0.4 is 0 Å². The predicted molar refractivity (Wildman–Crippen MR) is 51.2 cm³/mol. The fourth-order valence-corrected chi connectivity index (χ4v) is 0.970. The normalized spacial score (nSPS) is 9.50. The van der Waals surface area contributed by atoms with E-state index < -0.39 is 11.9 Å². The van der Waals surface area contributed by atoms with Gasteiger partial charge in [0.25, 0.3) is 0 Å². The highest BCUT2D eigenvalue weighted by Crippen LogP contribution is 2.01. The van der Waals surface area contributed by atoms with E-state index in [1.165, 1.54) is 13.3 Å². The number of ether oxygens (including phenoxy) is 1. The zero-order valence-corrected chi connectivity index (χ0v) is 7.90. The molecule has 1 aromatic carbocycles. The summed E-state index contributed by atoms with van der Waals surface area (Å²) in [5.41, 5.74) is 0.835. The van der Waals surface area contributed by atoms with Gasteiger partial charge in [-0.05, 0) is 5.56 Å². The molecule has 3 nitrogen and oxygen atoms in total. The molecule has 0 spiro atoms. The fraction of sp³-hybridized carbons (Fsp3) is 0.182. The van der Waals surface area contributed by atoms with E-state index in [0.29, 0.717) is 0 Å². The summed E-state index contributed by atoms with van der Waals surface area (Å²) in [6.45, 7) is 1.53. The summed E-state index contributed by atoms with van der Waals surface area (Å²) in [5, 5.41) is 0. The Morgan fingerprint density at radius 2 is 1.93 bits per heavy atom. The second-order valence-corrected chi connectivity index (χ2v) is 2.74. The molecular weight excluding hydrogens is 180 g/mol. The Morgan fingerprint density at radius 1 is 1.29 bits per heavy atom. The third kappa shape index (κ3) is 3.39. The van der Waals surface area contributed by atoms with Crippen molar-refractivity contribution < 1.29 is 14.3 Å². The Bertz CT molecular complexity index is 317. The number of hydrogen-bond donors (Lipinski definition) is 0. The smallest absolute Gasteiger partial charge is 0.317 e. The van der Waals surface area contributed by atoms with E-state index in [-0.39, 0.29) is 6.42 Å². The number of carbonyl (C=O) groups excluding carboxylic acids is 2. The number of esters is 2. The van der Waals surface area contributed by atoms with E-state index in [2.05, 4.69) is 4.74 Å². The van der Waals surface area contributed by atoms with Gasteiger partial charge in [0, 0.05) is 0 Å². The molecule has 0 aliphatic carbocycles. The maximum atomic E-state index is 11.1. The molecule has 73 valence electrons. The molecule has 0 aromatic heterocycles. The van der Waals surface area contributed by atoms with Gasteiger partial charge in [-0.1, -0.05) is 37.3 Å². The summed E-state index contributed by atoms with van der Waals surface area (Å²) >= 11 is 0. The molecule has 0 N–H and O–H groups in total. The molecule has 0 aliphatic rings. The maximum absolute atomic E-state index is 11.1. The van der Waals surface area contributed by atoms with Crippen molar-refractivity contribution in [3.8, 4) is 0 Å². The molecule has 1 aromatic rings. The topological polar surface area (TPSA) is 43.4 Å². The van der Waals surface area contributed by atoms with Crippen molar-refractivity contribution >= 4 is 11.9 Å². The van der Waals surface area contributed by atoms with E-state index in [4.69, 9.17) is 0 Å². The van der Waals surface area contributed by atoms with Crippen LogP contribution in [0, 0.1) is 6.42 Å². The maximum Gasteiger partial charge on any atom is 0.317 e. The molecule has 14 heavy (non-hydrogen) atoms. The first kappa shape index (κ1) is 10.4. The summed E-state index contributed by atoms with van der Waals surface area (Å²) in [4.78, 5) is 21.8. The summed E-state index contributed by atoms with van der Waals surface area (Å²) in [6, 6.07) is 9.13. The van der Waals surface area contributed by atoms with Crippen LogP contribution in [0.5, 0.6) is 0 Å². The number of carbonyl (C=O) groups is 2. The highest BCUT2D eigenvalue weighted by Gasteiger charge is 2.08. The van der Waals surface area contributed by atoms with Crippen molar-refractivity contribution in [2.75, 3.05) is 0 Å². The average molecular weight is 191 g/mol. The van der Waals surface area contributed by atoms with Crippen molar-refractivity contribution in [1.29, 1.82) is 0 Å². The predicted octanol–water partition coefficient (Wildman–Crippen LogP) is 1.52. The van der Waals surface area contributed by atoms with Gasteiger partial charge in [0.1, 0.15) is 0 Å². The Labute approximate surface area is 82.7 Å². The summed E-state index contributed by atoms with van der Waals surface area (Å²) in [6.07, 6.45) is 1.34. The molecule has 1 rings (SSSR count). The largest absolute Gasteiger partial charge is 0.393 e. The lowest BCUT2D eigenvalue weighted by Crippen LogP contribution is -2.13. The van der Waals surface area contributed by atoms with Crippen molar-refractivity contribution in [3.63, 3.8) is 0 Å². The van der Waals surface area contributed by atoms with Gasteiger partial charge in [0.15, 0.2) is 0 Å². The van der Waals surface area contributed by atoms with Crippen LogP contribution in [0.2, 0.25) is 0 Å². The second-order valence-electron chi connectivity index (χ2n) is 2.74. The van der Waals surface area contributed by atoms with Crippen LogP contribution >= 0.6 is 0 Å². The molecule has 0 amide bonds. The minimum Gasteiger partial charge on any atom is -0.393 e. The second kappa shape index (κ2) is 5.17. The lowest BCUT2D eigenvalue weighted by atomic mass is 10.2. The van der Waals surface area contributed by atoms with Crippen LogP contribution in [-0.2, 0) is 20.7 Å². The van der Waals surface area contributed by atoms with E-state index in [0.717, 1.165) is 5.56 Å². The van der Waals surface area contributed by atoms with Crippen molar-refractivity contribution in [2.24, 2.45) is 0 Å². The Hall–Kier alpha value is -1.64. The molecule has 0 saturated carbocycles. The average Bonchev–Trinajstić information content (AvgIpc) is 2.19. The minimum atomic E-state index is -0.606. The van der Waals surface area contributed by atoms with E-state index >= 15 is 0 Å². The van der Waals surface area contributed by atoms with Crippen molar-refractivity contribution in [3.05, 3.63) is 42.3 Å². The van der Waals surface area contributed by atoms with Gasteiger partial charge in [-0.3, -0.25) is 9.59 Å². The molecule has 0 aliphatic heterocycles. The van der Waals surface area contributed by atoms with Gasteiger partial charge >= 0.3 is 11.9 Å². The number of rotatable bonds is 3. The minimum absolute atomic E-state index is 0.125. The zero-order chi connectivity index (χ0) is 10.4. The first-order chi connectivity index (χ1) is 6.72. The molecule has 0 heterocycles. The van der Waals surface area contributed by atoms with Gasteiger partial charge < -0.3 is 4.74 Å². The summed E-state index contributed by atoms with van der Waals surface area (Å²) in [5.74, 6) is -1.13. The zero-order valence-electron chi connectivity index (χ0n) is 7.90. The molecule has 0 fully saturated rings. The fourth-order valence-electron chi connectivity index (χ4n) is 0.970. The molecule has 0 unspecified atom stereocenters. The standard InChI is InChI=1S/C11H11O3/c1-2-10(12)14-11(13)8-9-6-4-3-5-7-9/h2-7H,8H2,1H3. The van der Waals surface area contributed by atoms with Crippen molar-refractivity contribution in [2.45, 2.75) is 13.3 Å². The van der Waals surface area contributed by atoms with Crippen molar-refractivity contribution in [1.82, 2.24) is 0 Å². The van der Waals surface area contributed by atoms with Gasteiger partial charge in [-0.2, -0.15) is 0 Å². The SMILES string of the molecule is C[CH]C(=O)OC(=O)Cc1ccccc1. The lowest BCUT2D eigenvalue weighted by molar-refractivity contribution is -0.156. The van der Waals surface area contributed by atoms with Crippen LogP contribution in [-0.4, -0.2) is 11.9 Å². The third-order valence-electron chi connectivity index (χ3n) is 1.64. The Kier molecular flexibility index (Phi) is 3.85. The number of hydrogen-bond acceptors (Lipinski definition) is 3. The molecule has 3 heteroatoms. The number of benzene rings is 1. The van der Waals surface area contributed by atoms with Gasteiger partial charge in [-0.25, -0.2) is 0 Å². The summed E-state index contributed by atoms with van der Waals surface area (Å²) in [7, 11) is 0. The van der Waals surface area contributed by atoms with Gasteiger partial charge in [0.05, 0.1) is 12.8 Å². The van der Waals surface area contributed by atoms with E-state index in [1.54, 1.807) is 12.1 Å². The highest BCUT2D eigenvalue weighted by molar-refractivity contribution is 5.90. The van der Waals surface area contributed by atoms with Crippen LogP contribution in [0.15, 0.2) is 30.3 Å². The van der Waals surface area contributed by atoms with E-state index in [1.807, 2.05) is 18.2 Å². The first-order valence-corrected chi connectivity index (χ1v) is 4.30. The Balaban J connectivity index is 2.46. The Morgan fingerprint density at radius 3 is 2.50 bits per heavy atom. The molecule has 0 saturated heterocycles. The molecule has 0 atom stereocenters. The summed E-state index contributed by atoms with van der Waals surface area (Å²) < 4.78 is 4.47. The lowest BCUT2D eigenvalue weighted by Gasteiger charge is -2.00. The van der Waals surface area contributed by atoms with Gasteiger partial charge in [0.2, 0.25) is 0 Å². The van der Waals surface area contributed by atoms with Crippen LogP contribution in [0.4, 0.5) is 0 Å². The molecule has 1 radical (unpaired) electrons. The first-order valence-electron chi connectivity index (χ1n) is 4.30. The van der Waals surface area contributed by atoms with Crippen LogP contribution in [0.1, 0.15) is 12.5 Å². The molecular formula is C11H11O3. The third-order valence-corrected chi connectivity index (χ3v) is 1.64. The van der Waals surface area contributed by atoms with Crippen LogP contribution in [0.25, 0.3) is 0 Å². The van der Waals surface area contributed by atoms with Gasteiger partial charge in [-0.15, -0.1) is 0 Å². The highest BCUT2D eigenvalue weighted by atomic mass is 16.6. The quantitative estimate of drug-likeness (QED) is 0.537. The van der Waals surface area contributed by atoms with E-state index in [9.17, 15) is 9.59 Å². The van der Waals surface area contributed by atoms with Crippen LogP contribution in [0.3, 0.4) is 0 Å². The monoisotopic (exact) mass is 191 g/mol. The molecule has 0 bridgehead atoms.